The van der Waals surface area contributed by atoms with Crippen LogP contribution in [0.1, 0.15) is 25.0 Å². The van der Waals surface area contributed by atoms with Gasteiger partial charge in [-0.05, 0) is 54.8 Å². The molecule has 9 nitrogen and oxygen atoms in total. The first-order chi connectivity index (χ1) is 16.1. The molecule has 0 aliphatic heterocycles. The molecule has 2 atom stereocenters. The minimum atomic E-state index is -3.93. The van der Waals surface area contributed by atoms with Gasteiger partial charge in [-0.2, -0.15) is 4.31 Å². The lowest BCUT2D eigenvalue weighted by Gasteiger charge is -2.30. The predicted molar refractivity (Wildman–Crippen MR) is 130 cm³/mol. The summed E-state index contributed by atoms with van der Waals surface area (Å²) in [6, 6.07) is 12.7. The van der Waals surface area contributed by atoms with E-state index in [1.807, 2.05) is 45.2 Å². The molecule has 4 N–H and O–H groups in total. The molecule has 0 fully saturated rings. The summed E-state index contributed by atoms with van der Waals surface area (Å²) in [6.45, 7) is 4.37. The van der Waals surface area contributed by atoms with E-state index in [1.54, 1.807) is 12.1 Å². The maximum absolute atomic E-state index is 13.3. The van der Waals surface area contributed by atoms with E-state index in [0.29, 0.717) is 12.3 Å². The van der Waals surface area contributed by atoms with E-state index in [1.165, 1.54) is 23.5 Å². The van der Waals surface area contributed by atoms with Gasteiger partial charge in [0.25, 0.3) is 0 Å². The number of amides is 1. The summed E-state index contributed by atoms with van der Waals surface area (Å²) in [5, 5.41) is 25.7. The van der Waals surface area contributed by atoms with Crippen molar-refractivity contribution in [3.05, 3.63) is 59.7 Å². The van der Waals surface area contributed by atoms with Crippen LogP contribution in [0.4, 0.5) is 4.79 Å². The van der Waals surface area contributed by atoms with E-state index in [0.717, 1.165) is 11.1 Å². The van der Waals surface area contributed by atoms with Crippen LogP contribution < -0.4 is 15.4 Å². The van der Waals surface area contributed by atoms with E-state index < -0.39 is 28.3 Å². The van der Waals surface area contributed by atoms with Crippen LogP contribution in [0.3, 0.4) is 0 Å². The highest BCUT2D eigenvalue weighted by atomic mass is 32.2. The molecule has 0 heterocycles. The molecule has 0 aromatic heterocycles. The highest BCUT2D eigenvalue weighted by Gasteiger charge is 2.31. The van der Waals surface area contributed by atoms with Crippen molar-refractivity contribution in [3.63, 3.8) is 0 Å². The third-order valence-corrected chi connectivity index (χ3v) is 7.14. The monoisotopic (exact) mass is 493 g/mol. The van der Waals surface area contributed by atoms with Crippen molar-refractivity contribution in [1.29, 1.82) is 0 Å². The first-order valence-electron chi connectivity index (χ1n) is 11.1. The number of ether oxygens (including phenoxy) is 1. The Morgan fingerprint density at radius 3 is 2.12 bits per heavy atom. The highest BCUT2D eigenvalue weighted by Crippen LogP contribution is 2.21. The number of hydrogen-bond acceptors (Lipinski definition) is 6. The fourth-order valence-corrected chi connectivity index (χ4v) is 5.23. The Hall–Kier alpha value is -2.66. The maximum atomic E-state index is 13.3. The third kappa shape index (κ3) is 7.98. The van der Waals surface area contributed by atoms with Crippen molar-refractivity contribution in [2.75, 3.05) is 27.2 Å². The first kappa shape index (κ1) is 27.6. The molecule has 2 aromatic rings. The fourth-order valence-electron chi connectivity index (χ4n) is 3.60. The van der Waals surface area contributed by atoms with E-state index in [-0.39, 0.29) is 30.3 Å². The molecule has 10 heteroatoms. The van der Waals surface area contributed by atoms with E-state index in [9.17, 15) is 23.4 Å². The van der Waals surface area contributed by atoms with Crippen molar-refractivity contribution in [2.24, 2.45) is 5.92 Å². The Morgan fingerprint density at radius 1 is 1.03 bits per heavy atom. The Labute approximate surface area is 201 Å². The average Bonchev–Trinajstić information content (AvgIpc) is 2.79. The quantitative estimate of drug-likeness (QED) is 0.337. The van der Waals surface area contributed by atoms with Gasteiger partial charge in [0.05, 0.1) is 24.2 Å². The number of methoxy groups -OCH3 is 1. The number of sulfonamides is 1. The average molecular weight is 494 g/mol. The smallest absolute Gasteiger partial charge is 0.404 e. The topological polar surface area (TPSA) is 128 Å². The standard InChI is InChI=1S/C24H35N3O6S/c1-17(2)15-27(34(31,32)21-11-9-20(33-4)10-12-21)16-23(28)22(26-24(29)30)13-18-5-7-19(8-6-18)14-25-3/h5-12,17,22-23,25-26,28H,13-16H2,1-4H3,(H,29,30)/t22-,23+/m0/s1. The maximum Gasteiger partial charge on any atom is 0.404 e. The molecule has 0 saturated heterocycles. The van der Waals surface area contributed by atoms with Crippen molar-refractivity contribution in [3.8, 4) is 5.75 Å². The van der Waals surface area contributed by atoms with Gasteiger partial charge in [-0.25, -0.2) is 13.2 Å². The molecular formula is C24H35N3O6S. The molecule has 0 aliphatic carbocycles. The highest BCUT2D eigenvalue weighted by molar-refractivity contribution is 7.89. The van der Waals surface area contributed by atoms with Crippen LogP contribution in [0, 0.1) is 5.92 Å². The number of carbonyl (C=O) groups is 1. The van der Waals surface area contributed by atoms with Gasteiger partial charge in [-0.15, -0.1) is 0 Å². The number of nitrogens with zero attached hydrogens (tertiary/aromatic N) is 1. The van der Waals surface area contributed by atoms with E-state index >= 15 is 0 Å². The van der Waals surface area contributed by atoms with Crippen LogP contribution in [0.5, 0.6) is 5.75 Å². The zero-order valence-corrected chi connectivity index (χ0v) is 20.9. The molecule has 1 amide bonds. The van der Waals surface area contributed by atoms with Gasteiger partial charge in [0.2, 0.25) is 10.0 Å². The van der Waals surface area contributed by atoms with E-state index in [4.69, 9.17) is 4.74 Å². The molecular weight excluding hydrogens is 458 g/mol. The lowest BCUT2D eigenvalue weighted by molar-refractivity contribution is 0.0980. The SMILES string of the molecule is CNCc1ccc(C[C@H](NC(=O)O)[C@H](O)CN(CC(C)C)S(=O)(=O)c2ccc(OC)cc2)cc1. The summed E-state index contributed by atoms with van der Waals surface area (Å²) in [5.74, 6) is 0.520. The van der Waals surface area contributed by atoms with Gasteiger partial charge in [0.15, 0.2) is 0 Å². The molecule has 0 bridgehead atoms. The van der Waals surface area contributed by atoms with Gasteiger partial charge in [0, 0.05) is 19.6 Å². The molecule has 34 heavy (non-hydrogen) atoms. The first-order valence-corrected chi connectivity index (χ1v) is 12.5. The summed E-state index contributed by atoms with van der Waals surface area (Å²) in [6.07, 6.45) is -2.34. The summed E-state index contributed by atoms with van der Waals surface area (Å²) in [4.78, 5) is 11.5. The van der Waals surface area contributed by atoms with Crippen molar-refractivity contribution >= 4 is 16.1 Å². The van der Waals surface area contributed by atoms with Crippen molar-refractivity contribution in [1.82, 2.24) is 14.9 Å². The van der Waals surface area contributed by atoms with Crippen LogP contribution in [-0.4, -0.2) is 68.4 Å². The summed E-state index contributed by atoms with van der Waals surface area (Å²) in [5.41, 5.74) is 1.90. The molecule has 188 valence electrons. The normalized spacial score (nSPS) is 13.6. The lowest BCUT2D eigenvalue weighted by atomic mass is 10.00. The zero-order valence-electron chi connectivity index (χ0n) is 20.1. The number of carboxylic acid groups (broad SMARTS) is 1. The van der Waals surface area contributed by atoms with Gasteiger partial charge in [0.1, 0.15) is 5.75 Å². The van der Waals surface area contributed by atoms with Crippen LogP contribution in [0.15, 0.2) is 53.4 Å². The van der Waals surface area contributed by atoms with Gasteiger partial charge in [-0.1, -0.05) is 38.1 Å². The number of benzene rings is 2. The predicted octanol–water partition coefficient (Wildman–Crippen LogP) is 2.30. The summed E-state index contributed by atoms with van der Waals surface area (Å²) < 4.78 is 33.0. The molecule has 0 aliphatic rings. The molecule has 0 radical (unpaired) electrons. The molecule has 2 aromatic carbocycles. The Bertz CT molecular complexity index is 1010. The van der Waals surface area contributed by atoms with E-state index in [2.05, 4.69) is 10.6 Å². The van der Waals surface area contributed by atoms with Crippen LogP contribution >= 0.6 is 0 Å². The number of nitrogens with one attached hydrogen (secondary N) is 2. The van der Waals surface area contributed by atoms with Crippen LogP contribution in [0.2, 0.25) is 0 Å². The Morgan fingerprint density at radius 2 is 1.62 bits per heavy atom. The number of rotatable bonds is 13. The van der Waals surface area contributed by atoms with Crippen LogP contribution in [0.25, 0.3) is 0 Å². The Balaban J connectivity index is 2.26. The zero-order chi connectivity index (χ0) is 25.3. The second-order valence-electron chi connectivity index (χ2n) is 8.57. The number of aliphatic hydroxyl groups is 1. The second kappa shape index (κ2) is 12.7. The molecule has 2 rings (SSSR count). The fraction of sp³-hybridized carbons (Fsp3) is 0.458. The van der Waals surface area contributed by atoms with Crippen molar-refractivity contribution in [2.45, 2.75) is 43.9 Å². The molecule has 0 spiro atoms. The minimum Gasteiger partial charge on any atom is -0.497 e. The Kier molecular flexibility index (Phi) is 10.3. The van der Waals surface area contributed by atoms with Crippen molar-refractivity contribution < 1.29 is 28.2 Å². The lowest BCUT2D eigenvalue weighted by Crippen LogP contribution is -2.50. The largest absolute Gasteiger partial charge is 0.497 e. The third-order valence-electron chi connectivity index (χ3n) is 5.29. The van der Waals surface area contributed by atoms with Gasteiger partial charge >= 0.3 is 6.09 Å². The minimum absolute atomic E-state index is 0.00849. The summed E-state index contributed by atoms with van der Waals surface area (Å²) in [7, 11) is -0.585. The van der Waals surface area contributed by atoms with Gasteiger partial charge in [-0.3, -0.25) is 0 Å². The molecule has 0 saturated carbocycles. The number of hydrogen-bond donors (Lipinski definition) is 4. The summed E-state index contributed by atoms with van der Waals surface area (Å²) >= 11 is 0. The van der Waals surface area contributed by atoms with Crippen LogP contribution in [-0.2, 0) is 23.0 Å². The van der Waals surface area contributed by atoms with Gasteiger partial charge < -0.3 is 25.6 Å². The molecule has 0 unspecified atom stereocenters. The second-order valence-corrected chi connectivity index (χ2v) is 10.5. The number of aliphatic hydroxyl groups excluding tert-OH is 1.